The third-order valence-corrected chi connectivity index (χ3v) is 3.32. The number of benzene rings is 1. The topological polar surface area (TPSA) is 22.0 Å². The predicted molar refractivity (Wildman–Crippen MR) is 59.0 cm³/mol. The van der Waals surface area contributed by atoms with Crippen molar-refractivity contribution in [3.8, 4) is 0 Å². The van der Waals surface area contributed by atoms with Crippen molar-refractivity contribution < 1.29 is 0 Å². The van der Waals surface area contributed by atoms with Gasteiger partial charge >= 0.3 is 0 Å². The number of rotatable bonds is 2. The molecule has 2 aromatic rings. The third kappa shape index (κ3) is 1.74. The lowest BCUT2D eigenvalue weighted by molar-refractivity contribution is 0.813. The molecule has 1 atom stereocenters. The van der Waals surface area contributed by atoms with Gasteiger partial charge in [0.15, 0.2) is 0 Å². The van der Waals surface area contributed by atoms with Crippen molar-refractivity contribution in [2.45, 2.75) is 5.50 Å². The van der Waals surface area contributed by atoms with E-state index in [0.717, 1.165) is 5.56 Å². The Morgan fingerprint density at radius 3 is 2.50 bits per heavy atom. The van der Waals surface area contributed by atoms with Gasteiger partial charge in [0.25, 0.3) is 5.56 Å². The molecule has 0 radical (unpaired) electrons. The van der Waals surface area contributed by atoms with Crippen LogP contribution in [0, 0.1) is 0 Å². The first-order chi connectivity index (χ1) is 6.79. The van der Waals surface area contributed by atoms with E-state index in [-0.39, 0.29) is 5.56 Å². The zero-order chi connectivity index (χ0) is 9.97. The molecule has 0 aliphatic rings. The standard InChI is InChI=1S/C10H8ClNOS/c11-10(8-4-2-1-3-5-8)12-9(13)6-7-14-12/h1-7,10H. The van der Waals surface area contributed by atoms with Gasteiger partial charge in [-0.15, -0.1) is 0 Å². The minimum atomic E-state index is -0.399. The van der Waals surface area contributed by atoms with Crippen LogP contribution in [0.25, 0.3) is 0 Å². The minimum Gasteiger partial charge on any atom is -0.268 e. The first kappa shape index (κ1) is 9.49. The summed E-state index contributed by atoms with van der Waals surface area (Å²) in [6, 6.07) is 11.1. The summed E-state index contributed by atoms with van der Waals surface area (Å²) in [7, 11) is 0. The predicted octanol–water partition coefficient (Wildman–Crippen LogP) is 2.70. The van der Waals surface area contributed by atoms with Gasteiger partial charge in [-0.25, -0.2) is 3.96 Å². The van der Waals surface area contributed by atoms with Crippen molar-refractivity contribution in [2.24, 2.45) is 0 Å². The fraction of sp³-hybridized carbons (Fsp3) is 0.100. The van der Waals surface area contributed by atoms with E-state index in [1.807, 2.05) is 30.3 Å². The largest absolute Gasteiger partial charge is 0.268 e. The maximum absolute atomic E-state index is 11.3. The van der Waals surface area contributed by atoms with Crippen LogP contribution in [0.4, 0.5) is 0 Å². The maximum Gasteiger partial charge on any atom is 0.262 e. The average molecular weight is 226 g/mol. The molecule has 1 aromatic carbocycles. The second kappa shape index (κ2) is 3.98. The van der Waals surface area contributed by atoms with Crippen molar-refractivity contribution in [2.75, 3.05) is 0 Å². The van der Waals surface area contributed by atoms with Gasteiger partial charge in [0.1, 0.15) is 5.50 Å². The van der Waals surface area contributed by atoms with E-state index in [1.165, 1.54) is 21.6 Å². The smallest absolute Gasteiger partial charge is 0.262 e. The molecule has 14 heavy (non-hydrogen) atoms. The highest BCUT2D eigenvalue weighted by molar-refractivity contribution is 7.04. The van der Waals surface area contributed by atoms with Gasteiger partial charge in [0, 0.05) is 11.4 Å². The van der Waals surface area contributed by atoms with E-state index in [4.69, 9.17) is 11.6 Å². The Morgan fingerprint density at radius 2 is 1.93 bits per heavy atom. The molecule has 72 valence electrons. The van der Waals surface area contributed by atoms with Crippen LogP contribution in [0.1, 0.15) is 11.1 Å². The van der Waals surface area contributed by atoms with Crippen LogP contribution in [0.5, 0.6) is 0 Å². The lowest BCUT2D eigenvalue weighted by Gasteiger charge is -2.08. The summed E-state index contributed by atoms with van der Waals surface area (Å²) in [5.74, 6) is 0. The molecule has 1 aromatic heterocycles. The SMILES string of the molecule is O=c1ccsn1C(Cl)c1ccccc1. The Morgan fingerprint density at radius 1 is 1.21 bits per heavy atom. The van der Waals surface area contributed by atoms with E-state index in [1.54, 1.807) is 5.38 Å². The summed E-state index contributed by atoms with van der Waals surface area (Å²) < 4.78 is 1.54. The van der Waals surface area contributed by atoms with Crippen molar-refractivity contribution in [1.29, 1.82) is 0 Å². The number of hydrogen-bond donors (Lipinski definition) is 0. The highest BCUT2D eigenvalue weighted by atomic mass is 35.5. The summed E-state index contributed by atoms with van der Waals surface area (Å²) in [5, 5.41) is 1.74. The first-order valence-corrected chi connectivity index (χ1v) is 5.42. The molecule has 0 saturated carbocycles. The molecule has 0 N–H and O–H groups in total. The summed E-state index contributed by atoms with van der Waals surface area (Å²) >= 11 is 7.48. The number of hydrogen-bond acceptors (Lipinski definition) is 2. The zero-order valence-corrected chi connectivity index (χ0v) is 8.83. The normalized spacial score (nSPS) is 12.6. The number of halogens is 1. The van der Waals surface area contributed by atoms with Crippen LogP contribution in [-0.2, 0) is 0 Å². The van der Waals surface area contributed by atoms with Gasteiger partial charge in [-0.2, -0.15) is 0 Å². The van der Waals surface area contributed by atoms with Crippen LogP contribution in [0.15, 0.2) is 46.6 Å². The van der Waals surface area contributed by atoms with Crippen LogP contribution >= 0.6 is 23.1 Å². The van der Waals surface area contributed by atoms with Crippen molar-refractivity contribution in [1.82, 2.24) is 3.96 Å². The Balaban J connectivity index is 2.39. The molecule has 0 bridgehead atoms. The number of alkyl halides is 1. The molecule has 0 saturated heterocycles. The number of nitrogens with zero attached hydrogens (tertiary/aromatic N) is 1. The highest BCUT2D eigenvalue weighted by Crippen LogP contribution is 2.22. The zero-order valence-electron chi connectivity index (χ0n) is 7.26. The van der Waals surface area contributed by atoms with E-state index in [2.05, 4.69) is 0 Å². The average Bonchev–Trinajstić information content (AvgIpc) is 2.65. The quantitative estimate of drug-likeness (QED) is 0.721. The molecule has 0 spiro atoms. The fourth-order valence-corrected chi connectivity index (χ4v) is 2.27. The molecule has 2 rings (SSSR count). The van der Waals surface area contributed by atoms with Gasteiger partial charge in [0.05, 0.1) is 0 Å². The Hall–Kier alpha value is -1.06. The van der Waals surface area contributed by atoms with Gasteiger partial charge in [0.2, 0.25) is 0 Å². The minimum absolute atomic E-state index is 0.0566. The van der Waals surface area contributed by atoms with Gasteiger partial charge in [-0.3, -0.25) is 4.79 Å². The third-order valence-electron chi connectivity index (χ3n) is 1.88. The molecule has 4 heteroatoms. The van der Waals surface area contributed by atoms with Crippen molar-refractivity contribution in [3.63, 3.8) is 0 Å². The molecular weight excluding hydrogens is 218 g/mol. The molecule has 0 amide bonds. The van der Waals surface area contributed by atoms with Gasteiger partial charge in [-0.05, 0) is 5.56 Å². The summed E-state index contributed by atoms with van der Waals surface area (Å²) in [4.78, 5) is 11.3. The molecule has 0 aliphatic heterocycles. The summed E-state index contributed by atoms with van der Waals surface area (Å²) in [6.45, 7) is 0. The highest BCUT2D eigenvalue weighted by Gasteiger charge is 2.11. The lowest BCUT2D eigenvalue weighted by Crippen LogP contribution is -2.15. The van der Waals surface area contributed by atoms with E-state index >= 15 is 0 Å². The van der Waals surface area contributed by atoms with Gasteiger partial charge < -0.3 is 0 Å². The van der Waals surface area contributed by atoms with Crippen LogP contribution < -0.4 is 5.56 Å². The number of aromatic nitrogens is 1. The second-order valence-electron chi connectivity index (χ2n) is 2.82. The van der Waals surface area contributed by atoms with Crippen molar-refractivity contribution in [3.05, 3.63) is 57.7 Å². The monoisotopic (exact) mass is 225 g/mol. The second-order valence-corrected chi connectivity index (χ2v) is 4.11. The fourth-order valence-electron chi connectivity index (χ4n) is 1.19. The van der Waals surface area contributed by atoms with Crippen LogP contribution in [0.3, 0.4) is 0 Å². The Labute approximate surface area is 90.5 Å². The van der Waals surface area contributed by atoms with E-state index in [0.29, 0.717) is 0 Å². The van der Waals surface area contributed by atoms with E-state index < -0.39 is 5.50 Å². The summed E-state index contributed by atoms with van der Waals surface area (Å²) in [6.07, 6.45) is 0. The molecule has 2 nitrogen and oxygen atoms in total. The molecule has 0 fully saturated rings. The van der Waals surface area contributed by atoms with Gasteiger partial charge in [-0.1, -0.05) is 53.5 Å². The molecule has 0 aliphatic carbocycles. The van der Waals surface area contributed by atoms with Crippen LogP contribution in [-0.4, -0.2) is 3.96 Å². The van der Waals surface area contributed by atoms with E-state index in [9.17, 15) is 4.79 Å². The Kier molecular flexibility index (Phi) is 2.70. The maximum atomic E-state index is 11.3. The summed E-state index contributed by atoms with van der Waals surface area (Å²) in [5.41, 5.74) is 0.473. The van der Waals surface area contributed by atoms with Crippen LogP contribution in [0.2, 0.25) is 0 Å². The molecule has 1 heterocycles. The first-order valence-electron chi connectivity index (χ1n) is 4.14. The van der Waals surface area contributed by atoms with Crippen molar-refractivity contribution >= 4 is 23.1 Å². The Bertz CT molecular complexity index is 462. The molecular formula is C10H8ClNOS. The lowest BCUT2D eigenvalue weighted by atomic mass is 10.2. The molecule has 1 unspecified atom stereocenters.